The van der Waals surface area contributed by atoms with Gasteiger partial charge in [-0.15, -0.1) is 0 Å². The summed E-state index contributed by atoms with van der Waals surface area (Å²) in [6, 6.07) is -0.0976. The van der Waals surface area contributed by atoms with Gasteiger partial charge in [-0.1, -0.05) is 0 Å². The Morgan fingerprint density at radius 2 is 1.95 bits per heavy atom. The third kappa shape index (κ3) is 3.96. The average Bonchev–Trinajstić information content (AvgIpc) is 2.48. The monoisotopic (exact) mass is 298 g/mol. The van der Waals surface area contributed by atoms with E-state index in [1.54, 1.807) is 0 Å². The number of esters is 2. The number of hydrogen-bond acceptors (Lipinski definition) is 9. The van der Waals surface area contributed by atoms with E-state index in [1.165, 1.54) is 7.11 Å². The van der Waals surface area contributed by atoms with Crippen molar-refractivity contribution in [3.8, 4) is 6.01 Å². The van der Waals surface area contributed by atoms with Gasteiger partial charge < -0.3 is 25.3 Å². The number of aromatic nitrogens is 2. The molecule has 0 unspecified atom stereocenters. The first-order valence-electron chi connectivity index (χ1n) is 5.51. The van der Waals surface area contributed by atoms with Gasteiger partial charge in [-0.3, -0.25) is 9.78 Å². The summed E-state index contributed by atoms with van der Waals surface area (Å²) in [6.45, 7) is 0. The van der Waals surface area contributed by atoms with E-state index in [9.17, 15) is 14.4 Å². The molecular formula is C11H14N4O6. The van der Waals surface area contributed by atoms with Crippen LogP contribution in [0.1, 0.15) is 0 Å². The molecule has 1 rings (SSSR count). The summed E-state index contributed by atoms with van der Waals surface area (Å²) in [5.41, 5.74) is 4.31. The van der Waals surface area contributed by atoms with Gasteiger partial charge in [-0.2, -0.15) is 4.98 Å². The van der Waals surface area contributed by atoms with Crippen molar-refractivity contribution in [3.63, 3.8) is 0 Å². The molecule has 4 N–H and O–H groups in total. The highest BCUT2D eigenvalue weighted by Gasteiger charge is 2.17. The number of ether oxygens (including phenoxy) is 3. The summed E-state index contributed by atoms with van der Waals surface area (Å²) < 4.78 is 13.6. The summed E-state index contributed by atoms with van der Waals surface area (Å²) in [4.78, 5) is 40.6. The number of nitrogens with two attached hydrogens (primary N) is 1. The highest BCUT2D eigenvalue weighted by Crippen LogP contribution is 2.15. The molecule has 0 aliphatic heterocycles. The number of methoxy groups -OCH3 is 3. The van der Waals surface area contributed by atoms with Crippen LogP contribution in [0.3, 0.4) is 0 Å². The first kappa shape index (κ1) is 16.0. The fourth-order valence-electron chi connectivity index (χ4n) is 1.25. The van der Waals surface area contributed by atoms with Gasteiger partial charge in [-0.05, 0) is 0 Å². The van der Waals surface area contributed by atoms with Crippen LogP contribution in [-0.2, 0) is 19.1 Å². The number of carbonyl (C=O) groups is 2. The highest BCUT2D eigenvalue weighted by molar-refractivity contribution is 5.99. The normalized spacial score (nSPS) is 10.7. The number of aromatic amines is 1. The Balaban J connectivity index is 3.22. The SMILES string of the molecule is COC(=O)/C=C(\Nc1c(N)nc(OC)[nH]c1=O)C(=O)OC. The van der Waals surface area contributed by atoms with Crippen molar-refractivity contribution in [2.75, 3.05) is 32.4 Å². The Labute approximate surface area is 118 Å². The Morgan fingerprint density at radius 3 is 2.43 bits per heavy atom. The van der Waals surface area contributed by atoms with E-state index in [-0.39, 0.29) is 23.2 Å². The number of H-pyrrole nitrogens is 1. The molecule has 0 atom stereocenters. The topological polar surface area (TPSA) is 146 Å². The molecule has 0 fully saturated rings. The van der Waals surface area contributed by atoms with Gasteiger partial charge >= 0.3 is 11.9 Å². The molecule has 0 radical (unpaired) electrons. The van der Waals surface area contributed by atoms with Crippen LogP contribution in [0.5, 0.6) is 6.01 Å². The van der Waals surface area contributed by atoms with Crippen LogP contribution in [-0.4, -0.2) is 43.2 Å². The van der Waals surface area contributed by atoms with Gasteiger partial charge in [0.2, 0.25) is 0 Å². The maximum absolute atomic E-state index is 11.8. The minimum Gasteiger partial charge on any atom is -0.468 e. The van der Waals surface area contributed by atoms with Gasteiger partial charge in [0.1, 0.15) is 11.4 Å². The number of nitrogen functional groups attached to an aromatic ring is 1. The van der Waals surface area contributed by atoms with Crippen LogP contribution < -0.4 is 21.3 Å². The largest absolute Gasteiger partial charge is 0.468 e. The predicted molar refractivity (Wildman–Crippen MR) is 71.6 cm³/mol. The Hall–Kier alpha value is -3.04. The van der Waals surface area contributed by atoms with Crippen LogP contribution in [0.4, 0.5) is 11.5 Å². The molecule has 0 aliphatic carbocycles. The number of nitrogens with zero attached hydrogens (tertiary/aromatic N) is 1. The third-order valence-corrected chi connectivity index (χ3v) is 2.25. The second kappa shape index (κ2) is 6.93. The van der Waals surface area contributed by atoms with E-state index in [4.69, 9.17) is 10.5 Å². The van der Waals surface area contributed by atoms with E-state index in [2.05, 4.69) is 24.8 Å². The second-order valence-electron chi connectivity index (χ2n) is 3.53. The maximum Gasteiger partial charge on any atom is 0.354 e. The van der Waals surface area contributed by atoms with Crippen molar-refractivity contribution in [2.24, 2.45) is 0 Å². The lowest BCUT2D eigenvalue weighted by molar-refractivity contribution is -0.138. The Bertz CT molecular complexity index is 636. The fraction of sp³-hybridized carbons (Fsp3) is 0.273. The molecule has 1 aromatic rings. The standard InChI is InChI=1S/C11H14N4O6/c1-19-6(16)4-5(10(18)20-2)13-7-8(12)14-11(21-3)15-9(7)17/h4,13H,1-3H3,(H3,12,14,15,17)/b5-4-. The zero-order valence-corrected chi connectivity index (χ0v) is 11.6. The predicted octanol–water partition coefficient (Wildman–Crippen LogP) is -0.998. The van der Waals surface area contributed by atoms with Crippen LogP contribution in [0.25, 0.3) is 0 Å². The number of carbonyl (C=O) groups excluding carboxylic acids is 2. The molecule has 10 heteroatoms. The van der Waals surface area contributed by atoms with Crippen molar-refractivity contribution in [3.05, 3.63) is 22.1 Å². The average molecular weight is 298 g/mol. The zero-order chi connectivity index (χ0) is 16.0. The molecule has 0 aromatic carbocycles. The van der Waals surface area contributed by atoms with E-state index in [0.29, 0.717) is 0 Å². The third-order valence-electron chi connectivity index (χ3n) is 2.25. The summed E-state index contributed by atoms with van der Waals surface area (Å²) >= 11 is 0. The molecule has 0 bridgehead atoms. The van der Waals surface area contributed by atoms with Gasteiger partial charge in [0.05, 0.1) is 27.4 Å². The van der Waals surface area contributed by atoms with E-state index >= 15 is 0 Å². The quantitative estimate of drug-likeness (QED) is 0.460. The van der Waals surface area contributed by atoms with Crippen molar-refractivity contribution < 1.29 is 23.8 Å². The zero-order valence-electron chi connectivity index (χ0n) is 11.6. The molecule has 0 saturated heterocycles. The molecule has 1 heterocycles. The van der Waals surface area contributed by atoms with Gasteiger partial charge in [0.15, 0.2) is 5.82 Å². The van der Waals surface area contributed by atoms with Gasteiger partial charge in [0, 0.05) is 0 Å². The van der Waals surface area contributed by atoms with Gasteiger partial charge in [-0.25, -0.2) is 9.59 Å². The van der Waals surface area contributed by atoms with Crippen LogP contribution in [0.15, 0.2) is 16.6 Å². The first-order valence-corrected chi connectivity index (χ1v) is 5.51. The lowest BCUT2D eigenvalue weighted by atomic mass is 10.3. The van der Waals surface area contributed by atoms with Crippen LogP contribution in [0.2, 0.25) is 0 Å². The number of anilines is 2. The number of hydrogen-bond donors (Lipinski definition) is 3. The van der Waals surface area contributed by atoms with Gasteiger partial charge in [0.25, 0.3) is 11.6 Å². The summed E-state index contributed by atoms with van der Waals surface area (Å²) in [5.74, 6) is -1.94. The van der Waals surface area contributed by atoms with E-state index in [0.717, 1.165) is 20.3 Å². The molecule has 0 aliphatic rings. The van der Waals surface area contributed by atoms with E-state index in [1.807, 2.05) is 0 Å². The maximum atomic E-state index is 11.8. The van der Waals surface area contributed by atoms with Crippen molar-refractivity contribution in [1.82, 2.24) is 9.97 Å². The smallest absolute Gasteiger partial charge is 0.354 e. The van der Waals surface area contributed by atoms with E-state index < -0.39 is 17.5 Å². The lowest BCUT2D eigenvalue weighted by Crippen LogP contribution is -2.23. The minimum absolute atomic E-state index is 0.0976. The van der Waals surface area contributed by atoms with Crippen LogP contribution >= 0.6 is 0 Å². The van der Waals surface area contributed by atoms with Crippen molar-refractivity contribution in [1.29, 1.82) is 0 Å². The highest BCUT2D eigenvalue weighted by atomic mass is 16.5. The molecular weight excluding hydrogens is 284 g/mol. The fourth-order valence-corrected chi connectivity index (χ4v) is 1.25. The molecule has 114 valence electrons. The Kier molecular flexibility index (Phi) is 5.29. The molecule has 0 spiro atoms. The first-order chi connectivity index (χ1) is 9.92. The van der Waals surface area contributed by atoms with Crippen LogP contribution in [0, 0.1) is 0 Å². The number of rotatable bonds is 5. The molecule has 0 saturated carbocycles. The van der Waals surface area contributed by atoms with Crippen molar-refractivity contribution in [2.45, 2.75) is 0 Å². The summed E-state index contributed by atoms with van der Waals surface area (Å²) in [6.07, 6.45) is 0.814. The molecule has 1 aromatic heterocycles. The number of nitrogens with one attached hydrogen (secondary N) is 2. The summed E-state index contributed by atoms with van der Waals surface area (Å²) in [7, 11) is 3.53. The molecule has 10 nitrogen and oxygen atoms in total. The molecule has 0 amide bonds. The van der Waals surface area contributed by atoms with Crippen molar-refractivity contribution >= 4 is 23.4 Å². The second-order valence-corrected chi connectivity index (χ2v) is 3.53. The Morgan fingerprint density at radius 1 is 1.29 bits per heavy atom. The molecule has 21 heavy (non-hydrogen) atoms. The summed E-state index contributed by atoms with van der Waals surface area (Å²) in [5, 5.41) is 2.38. The lowest BCUT2D eigenvalue weighted by Gasteiger charge is -2.10. The minimum atomic E-state index is -0.894.